The number of methoxy groups -OCH3 is 1. The summed E-state index contributed by atoms with van der Waals surface area (Å²) >= 11 is 1.56. The van der Waals surface area contributed by atoms with Gasteiger partial charge in [-0.3, -0.25) is 10.1 Å². The van der Waals surface area contributed by atoms with Crippen LogP contribution in [0.1, 0.15) is 9.88 Å². The monoisotopic (exact) mass is 279 g/mol. The van der Waals surface area contributed by atoms with E-state index in [2.05, 4.69) is 10.3 Å². The molecule has 100 valence electrons. The zero-order valence-electron chi connectivity index (χ0n) is 10.5. The molecule has 0 aliphatic carbocycles. The molecule has 7 heteroatoms. The van der Waals surface area contributed by atoms with Crippen LogP contribution in [0.3, 0.4) is 0 Å². The van der Waals surface area contributed by atoms with Crippen molar-refractivity contribution in [3.8, 4) is 5.75 Å². The molecule has 1 heterocycles. The highest BCUT2D eigenvalue weighted by molar-refractivity contribution is 7.11. The Kier molecular flexibility index (Phi) is 3.96. The van der Waals surface area contributed by atoms with Crippen molar-refractivity contribution >= 4 is 22.7 Å². The Morgan fingerprint density at radius 3 is 2.89 bits per heavy atom. The fraction of sp³-hybridized carbons (Fsp3) is 0.250. The van der Waals surface area contributed by atoms with Crippen molar-refractivity contribution in [2.24, 2.45) is 0 Å². The van der Waals surface area contributed by atoms with Crippen molar-refractivity contribution in [2.45, 2.75) is 13.5 Å². The number of nitrogens with one attached hydrogen (secondary N) is 1. The molecule has 2 rings (SSSR count). The first-order valence-corrected chi connectivity index (χ1v) is 6.40. The lowest BCUT2D eigenvalue weighted by Gasteiger charge is -2.08. The van der Waals surface area contributed by atoms with Gasteiger partial charge in [0.1, 0.15) is 10.7 Å². The van der Waals surface area contributed by atoms with E-state index >= 15 is 0 Å². The molecule has 19 heavy (non-hydrogen) atoms. The van der Waals surface area contributed by atoms with Gasteiger partial charge in [-0.25, -0.2) is 4.98 Å². The van der Waals surface area contributed by atoms with E-state index in [0.29, 0.717) is 12.2 Å². The van der Waals surface area contributed by atoms with Crippen LogP contribution in [0.5, 0.6) is 5.75 Å². The second kappa shape index (κ2) is 5.66. The maximum atomic E-state index is 11.1. The predicted molar refractivity (Wildman–Crippen MR) is 73.8 cm³/mol. The molecule has 0 spiro atoms. The van der Waals surface area contributed by atoms with Crippen molar-refractivity contribution in [1.29, 1.82) is 0 Å². The standard InChI is InChI=1S/C12H13N3O3S/c1-8-6-14-11(19-8)7-13-9-4-3-5-10(18-2)12(9)15(16)17/h3-6,13H,7H2,1-2H3. The third-order valence-corrected chi connectivity index (χ3v) is 3.41. The van der Waals surface area contributed by atoms with Gasteiger partial charge < -0.3 is 10.1 Å². The van der Waals surface area contributed by atoms with E-state index in [1.807, 2.05) is 6.92 Å². The van der Waals surface area contributed by atoms with Crippen molar-refractivity contribution in [3.63, 3.8) is 0 Å². The van der Waals surface area contributed by atoms with Gasteiger partial charge >= 0.3 is 5.69 Å². The molecule has 1 N–H and O–H groups in total. The van der Waals surface area contributed by atoms with Gasteiger partial charge in [0.2, 0.25) is 0 Å². The highest BCUT2D eigenvalue weighted by Crippen LogP contribution is 2.34. The van der Waals surface area contributed by atoms with Gasteiger partial charge in [-0.2, -0.15) is 0 Å². The Balaban J connectivity index is 2.22. The minimum atomic E-state index is -0.450. The molecule has 0 unspecified atom stereocenters. The van der Waals surface area contributed by atoms with Gasteiger partial charge in [-0.1, -0.05) is 6.07 Å². The van der Waals surface area contributed by atoms with Crippen molar-refractivity contribution in [2.75, 3.05) is 12.4 Å². The maximum Gasteiger partial charge on any atom is 0.333 e. The van der Waals surface area contributed by atoms with Gasteiger partial charge in [0.15, 0.2) is 5.75 Å². The number of anilines is 1. The Hall–Kier alpha value is -2.15. The summed E-state index contributed by atoms with van der Waals surface area (Å²) in [5.74, 6) is 0.241. The summed E-state index contributed by atoms with van der Waals surface area (Å²) in [4.78, 5) is 16.0. The lowest BCUT2D eigenvalue weighted by Crippen LogP contribution is -2.03. The molecule has 0 atom stereocenters. The van der Waals surface area contributed by atoms with Crippen LogP contribution in [-0.4, -0.2) is 17.0 Å². The summed E-state index contributed by atoms with van der Waals surface area (Å²) in [5.41, 5.74) is 0.371. The number of hydrogen-bond donors (Lipinski definition) is 1. The average molecular weight is 279 g/mol. The van der Waals surface area contributed by atoms with Crippen LogP contribution in [0.25, 0.3) is 0 Å². The van der Waals surface area contributed by atoms with E-state index in [-0.39, 0.29) is 11.4 Å². The minimum absolute atomic E-state index is 0.0571. The summed E-state index contributed by atoms with van der Waals surface area (Å²) in [6.45, 7) is 2.42. The number of aryl methyl sites for hydroxylation is 1. The van der Waals surface area contributed by atoms with Crippen LogP contribution >= 0.6 is 11.3 Å². The molecule has 0 saturated heterocycles. The summed E-state index contributed by atoms with van der Waals surface area (Å²) in [7, 11) is 1.41. The first kappa shape index (κ1) is 13.3. The van der Waals surface area contributed by atoms with Gasteiger partial charge in [0, 0.05) is 11.1 Å². The summed E-state index contributed by atoms with van der Waals surface area (Å²) in [6, 6.07) is 4.93. The third-order valence-electron chi connectivity index (χ3n) is 2.50. The molecule has 0 amide bonds. The molecule has 0 bridgehead atoms. The first-order chi connectivity index (χ1) is 9.11. The zero-order valence-corrected chi connectivity index (χ0v) is 11.4. The SMILES string of the molecule is COc1cccc(NCc2ncc(C)s2)c1[N+](=O)[O-]. The molecule has 6 nitrogen and oxygen atoms in total. The topological polar surface area (TPSA) is 77.3 Å². The van der Waals surface area contributed by atoms with Gasteiger partial charge in [0.25, 0.3) is 0 Å². The third kappa shape index (κ3) is 3.00. The summed E-state index contributed by atoms with van der Waals surface area (Å²) < 4.78 is 5.01. The molecule has 0 radical (unpaired) electrons. The number of hydrogen-bond acceptors (Lipinski definition) is 6. The average Bonchev–Trinajstić information content (AvgIpc) is 2.81. The number of aromatic nitrogens is 1. The summed E-state index contributed by atoms with van der Waals surface area (Å²) in [6.07, 6.45) is 1.78. The summed E-state index contributed by atoms with van der Waals surface area (Å²) in [5, 5.41) is 15.0. The molecule has 1 aromatic heterocycles. The van der Waals surface area contributed by atoms with E-state index < -0.39 is 4.92 Å². The van der Waals surface area contributed by atoms with Crippen molar-refractivity contribution in [3.05, 3.63) is 44.4 Å². The second-order valence-electron chi connectivity index (χ2n) is 3.83. The molecule has 0 fully saturated rings. The largest absolute Gasteiger partial charge is 0.490 e. The van der Waals surface area contributed by atoms with Gasteiger partial charge in [-0.15, -0.1) is 11.3 Å². The number of nitrogens with zero attached hydrogens (tertiary/aromatic N) is 2. The van der Waals surface area contributed by atoms with Gasteiger partial charge in [0.05, 0.1) is 18.6 Å². The molecule has 1 aromatic carbocycles. The smallest absolute Gasteiger partial charge is 0.333 e. The number of rotatable bonds is 5. The Labute approximate surface area is 114 Å². The molecule has 0 saturated carbocycles. The number of nitro groups is 1. The van der Waals surface area contributed by atoms with Crippen LogP contribution < -0.4 is 10.1 Å². The predicted octanol–water partition coefficient (Wildman–Crippen LogP) is 2.98. The van der Waals surface area contributed by atoms with Crippen LogP contribution in [0.4, 0.5) is 11.4 Å². The van der Waals surface area contributed by atoms with E-state index in [1.165, 1.54) is 7.11 Å². The number of para-hydroxylation sites is 1. The van der Waals surface area contributed by atoms with Gasteiger partial charge in [-0.05, 0) is 19.1 Å². The Morgan fingerprint density at radius 2 is 2.32 bits per heavy atom. The highest BCUT2D eigenvalue weighted by Gasteiger charge is 2.20. The quantitative estimate of drug-likeness (QED) is 0.672. The molecular weight excluding hydrogens is 266 g/mol. The van der Waals surface area contributed by atoms with Crippen LogP contribution in [0.15, 0.2) is 24.4 Å². The molecular formula is C12H13N3O3S. The number of ether oxygens (including phenoxy) is 1. The highest BCUT2D eigenvalue weighted by atomic mass is 32.1. The van der Waals surface area contributed by atoms with Crippen molar-refractivity contribution < 1.29 is 9.66 Å². The Bertz CT molecular complexity index is 598. The molecule has 2 aromatic rings. The van der Waals surface area contributed by atoms with E-state index in [9.17, 15) is 10.1 Å². The van der Waals surface area contributed by atoms with E-state index in [1.54, 1.807) is 35.7 Å². The number of benzene rings is 1. The van der Waals surface area contributed by atoms with Crippen LogP contribution in [0.2, 0.25) is 0 Å². The first-order valence-electron chi connectivity index (χ1n) is 5.58. The number of thiazole rings is 1. The molecule has 0 aliphatic heterocycles. The Morgan fingerprint density at radius 1 is 1.53 bits per heavy atom. The van der Waals surface area contributed by atoms with Crippen molar-refractivity contribution in [1.82, 2.24) is 4.98 Å². The van der Waals surface area contributed by atoms with Crippen LogP contribution in [-0.2, 0) is 6.54 Å². The maximum absolute atomic E-state index is 11.1. The normalized spacial score (nSPS) is 10.2. The lowest BCUT2D eigenvalue weighted by molar-refractivity contribution is -0.384. The second-order valence-corrected chi connectivity index (χ2v) is 5.15. The minimum Gasteiger partial charge on any atom is -0.490 e. The van der Waals surface area contributed by atoms with E-state index in [4.69, 9.17) is 4.74 Å². The fourth-order valence-corrected chi connectivity index (χ4v) is 2.40. The zero-order chi connectivity index (χ0) is 13.8. The van der Waals surface area contributed by atoms with E-state index in [0.717, 1.165) is 9.88 Å². The van der Waals surface area contributed by atoms with Crippen LogP contribution in [0, 0.1) is 17.0 Å². The number of nitro benzene ring substituents is 1. The fourth-order valence-electron chi connectivity index (χ4n) is 1.67. The molecule has 0 aliphatic rings. The lowest BCUT2D eigenvalue weighted by atomic mass is 10.2.